The first-order chi connectivity index (χ1) is 11.9. The highest BCUT2D eigenvalue weighted by Gasteiger charge is 2.49. The minimum absolute atomic E-state index is 0.0243. The van der Waals surface area contributed by atoms with Crippen LogP contribution in [-0.4, -0.2) is 27.0 Å². The number of hydrogen-bond acceptors (Lipinski definition) is 5. The zero-order valence-electron chi connectivity index (χ0n) is 14.1. The summed E-state index contributed by atoms with van der Waals surface area (Å²) >= 11 is 5.89. The van der Waals surface area contributed by atoms with E-state index in [1.807, 2.05) is 0 Å². The molecule has 2 heterocycles. The monoisotopic (exact) mass is 362 g/mol. The summed E-state index contributed by atoms with van der Waals surface area (Å²) in [6.07, 6.45) is 2.65. The van der Waals surface area contributed by atoms with E-state index in [1.165, 1.54) is 0 Å². The number of carbonyl (C=O) groups is 2. The van der Waals surface area contributed by atoms with Gasteiger partial charge >= 0.3 is 6.03 Å². The first-order valence-electron chi connectivity index (χ1n) is 8.15. The summed E-state index contributed by atoms with van der Waals surface area (Å²) in [7, 11) is 0. The van der Waals surface area contributed by atoms with Crippen LogP contribution in [0.1, 0.15) is 44.0 Å². The molecule has 0 bridgehead atoms. The molecule has 1 saturated heterocycles. The van der Waals surface area contributed by atoms with Gasteiger partial charge in [-0.1, -0.05) is 42.2 Å². The lowest BCUT2D eigenvalue weighted by Gasteiger charge is -2.22. The highest BCUT2D eigenvalue weighted by atomic mass is 35.5. The molecule has 7 nitrogen and oxygen atoms in total. The fourth-order valence-electron chi connectivity index (χ4n) is 2.74. The average Bonchev–Trinajstić information content (AvgIpc) is 3.12. The molecule has 1 fully saturated rings. The van der Waals surface area contributed by atoms with E-state index in [1.54, 1.807) is 31.2 Å². The van der Waals surface area contributed by atoms with Crippen LogP contribution in [-0.2, 0) is 23.3 Å². The molecular weight excluding hydrogens is 344 g/mol. The molecule has 1 unspecified atom stereocenters. The highest BCUT2D eigenvalue weighted by Crippen LogP contribution is 2.30. The van der Waals surface area contributed by atoms with Gasteiger partial charge in [-0.2, -0.15) is 4.98 Å². The van der Waals surface area contributed by atoms with E-state index in [0.717, 1.165) is 17.7 Å². The largest absolute Gasteiger partial charge is 0.339 e. The van der Waals surface area contributed by atoms with Gasteiger partial charge in [0.15, 0.2) is 5.82 Å². The second-order valence-corrected chi connectivity index (χ2v) is 6.60. The molecule has 1 aromatic heterocycles. The van der Waals surface area contributed by atoms with Crippen molar-refractivity contribution >= 4 is 23.5 Å². The number of halogens is 1. The lowest BCUT2D eigenvalue weighted by molar-refractivity contribution is -0.131. The van der Waals surface area contributed by atoms with Crippen molar-refractivity contribution in [1.29, 1.82) is 0 Å². The van der Waals surface area contributed by atoms with E-state index in [4.69, 9.17) is 16.1 Å². The van der Waals surface area contributed by atoms with Gasteiger partial charge < -0.3 is 9.84 Å². The van der Waals surface area contributed by atoms with E-state index in [2.05, 4.69) is 22.4 Å². The predicted molar refractivity (Wildman–Crippen MR) is 90.8 cm³/mol. The zero-order valence-corrected chi connectivity index (χ0v) is 14.8. The van der Waals surface area contributed by atoms with E-state index in [0.29, 0.717) is 28.7 Å². The third kappa shape index (κ3) is 3.37. The summed E-state index contributed by atoms with van der Waals surface area (Å²) in [5, 5.41) is 7.15. The predicted octanol–water partition coefficient (Wildman–Crippen LogP) is 3.03. The van der Waals surface area contributed by atoms with Crippen molar-refractivity contribution in [2.75, 3.05) is 0 Å². The number of imide groups is 1. The number of aryl methyl sites for hydroxylation is 1. The number of amides is 3. The Morgan fingerprint density at radius 1 is 1.28 bits per heavy atom. The summed E-state index contributed by atoms with van der Waals surface area (Å²) in [5.41, 5.74) is -0.481. The van der Waals surface area contributed by atoms with Gasteiger partial charge in [0.1, 0.15) is 5.54 Å². The number of urea groups is 1. The number of aromatic nitrogens is 2. The van der Waals surface area contributed by atoms with E-state index >= 15 is 0 Å². The van der Waals surface area contributed by atoms with E-state index < -0.39 is 11.6 Å². The maximum absolute atomic E-state index is 12.8. The van der Waals surface area contributed by atoms with Crippen LogP contribution in [0, 0.1) is 0 Å². The van der Waals surface area contributed by atoms with Gasteiger partial charge in [0.05, 0.1) is 6.54 Å². The summed E-state index contributed by atoms with van der Waals surface area (Å²) in [6.45, 7) is 3.71. The molecule has 25 heavy (non-hydrogen) atoms. The Morgan fingerprint density at radius 3 is 2.68 bits per heavy atom. The van der Waals surface area contributed by atoms with Crippen LogP contribution in [0.4, 0.5) is 4.79 Å². The molecule has 3 rings (SSSR count). The highest BCUT2D eigenvalue weighted by molar-refractivity contribution is 6.30. The van der Waals surface area contributed by atoms with Crippen LogP contribution in [0.2, 0.25) is 5.02 Å². The molecule has 0 saturated carbocycles. The van der Waals surface area contributed by atoms with Crippen molar-refractivity contribution in [2.45, 2.75) is 45.2 Å². The maximum atomic E-state index is 12.8. The molecule has 1 aliphatic heterocycles. The lowest BCUT2D eigenvalue weighted by atomic mass is 9.92. The number of nitrogens with one attached hydrogen (secondary N) is 1. The van der Waals surface area contributed by atoms with Crippen molar-refractivity contribution in [1.82, 2.24) is 20.4 Å². The Labute approximate surface area is 150 Å². The van der Waals surface area contributed by atoms with Gasteiger partial charge in [0.2, 0.25) is 5.89 Å². The van der Waals surface area contributed by atoms with Gasteiger partial charge in [0, 0.05) is 11.4 Å². The Bertz CT molecular complexity index is 789. The van der Waals surface area contributed by atoms with Crippen LogP contribution in [0.15, 0.2) is 28.8 Å². The molecule has 0 spiro atoms. The smallest absolute Gasteiger partial charge is 0.325 e. The van der Waals surface area contributed by atoms with Crippen LogP contribution in [0.3, 0.4) is 0 Å². The van der Waals surface area contributed by atoms with Crippen LogP contribution < -0.4 is 5.32 Å². The quantitative estimate of drug-likeness (QED) is 0.798. The summed E-state index contributed by atoms with van der Waals surface area (Å²) < 4.78 is 5.15. The zero-order chi connectivity index (χ0) is 18.0. The minimum atomic E-state index is -1.14. The number of carbonyl (C=O) groups excluding carboxylic acids is 2. The minimum Gasteiger partial charge on any atom is -0.339 e. The molecule has 132 valence electrons. The normalized spacial score (nSPS) is 20.2. The third-order valence-electron chi connectivity index (χ3n) is 4.25. The SMILES string of the molecule is CCCCc1nc(CN2C(=O)NC(C)(c3ccc(Cl)cc3)C2=O)no1. The molecule has 2 aromatic rings. The Hall–Kier alpha value is -2.41. The van der Waals surface area contributed by atoms with Crippen molar-refractivity contribution in [3.8, 4) is 0 Å². The molecule has 1 aliphatic rings. The fraction of sp³-hybridized carbons (Fsp3) is 0.412. The Morgan fingerprint density at radius 2 is 2.00 bits per heavy atom. The average molecular weight is 363 g/mol. The van der Waals surface area contributed by atoms with Gasteiger partial charge in [0.25, 0.3) is 5.91 Å². The molecule has 3 amide bonds. The molecule has 8 heteroatoms. The second kappa shape index (κ2) is 6.84. The topological polar surface area (TPSA) is 88.3 Å². The molecule has 1 atom stereocenters. The molecule has 1 N–H and O–H groups in total. The summed E-state index contributed by atoms with van der Waals surface area (Å²) in [4.78, 5) is 30.5. The number of nitrogens with zero attached hydrogens (tertiary/aromatic N) is 3. The van der Waals surface area contributed by atoms with Gasteiger partial charge in [-0.25, -0.2) is 4.79 Å². The van der Waals surface area contributed by atoms with Gasteiger partial charge in [-0.3, -0.25) is 9.69 Å². The lowest BCUT2D eigenvalue weighted by Crippen LogP contribution is -2.40. The Balaban J connectivity index is 1.77. The first kappa shape index (κ1) is 17.4. The number of benzene rings is 1. The van der Waals surface area contributed by atoms with Crippen molar-refractivity contribution in [3.63, 3.8) is 0 Å². The fourth-order valence-corrected chi connectivity index (χ4v) is 2.87. The third-order valence-corrected chi connectivity index (χ3v) is 4.50. The standard InChI is InChI=1S/C17H19ClN4O3/c1-3-4-5-14-19-13(21-25-14)10-22-15(23)17(2,20-16(22)24)11-6-8-12(18)9-7-11/h6-9H,3-5,10H2,1-2H3,(H,20,24). The molecule has 0 aliphatic carbocycles. The summed E-state index contributed by atoms with van der Waals surface area (Å²) in [5.74, 6) is 0.471. The second-order valence-electron chi connectivity index (χ2n) is 6.16. The van der Waals surface area contributed by atoms with Crippen LogP contribution in [0.25, 0.3) is 0 Å². The maximum Gasteiger partial charge on any atom is 0.325 e. The van der Waals surface area contributed by atoms with Gasteiger partial charge in [-0.05, 0) is 31.0 Å². The number of hydrogen-bond donors (Lipinski definition) is 1. The van der Waals surface area contributed by atoms with Crippen molar-refractivity contribution < 1.29 is 14.1 Å². The van der Waals surface area contributed by atoms with Crippen LogP contribution >= 0.6 is 11.6 Å². The Kier molecular flexibility index (Phi) is 4.76. The van der Waals surface area contributed by atoms with Gasteiger partial charge in [-0.15, -0.1) is 0 Å². The molecular formula is C17H19ClN4O3. The van der Waals surface area contributed by atoms with E-state index in [9.17, 15) is 9.59 Å². The number of rotatable bonds is 6. The van der Waals surface area contributed by atoms with Crippen molar-refractivity contribution in [3.05, 3.63) is 46.6 Å². The summed E-state index contributed by atoms with van der Waals surface area (Å²) in [6, 6.07) is 6.33. The number of unbranched alkanes of at least 4 members (excludes halogenated alkanes) is 1. The van der Waals surface area contributed by atoms with E-state index in [-0.39, 0.29) is 12.5 Å². The van der Waals surface area contributed by atoms with Crippen molar-refractivity contribution in [2.24, 2.45) is 0 Å². The molecule has 0 radical (unpaired) electrons. The first-order valence-corrected chi connectivity index (χ1v) is 8.53. The van der Waals surface area contributed by atoms with Crippen LogP contribution in [0.5, 0.6) is 0 Å². The molecule has 1 aromatic carbocycles.